The second-order valence-corrected chi connectivity index (χ2v) is 12.2. The molecule has 4 aliphatic rings. The van der Waals surface area contributed by atoms with E-state index in [1.807, 2.05) is 45.9 Å². The molecular formula is C31H43NO8. The van der Waals surface area contributed by atoms with E-state index in [2.05, 4.69) is 4.98 Å². The molecule has 2 fully saturated rings. The lowest BCUT2D eigenvalue weighted by molar-refractivity contribution is -0.177. The Kier molecular flexibility index (Phi) is 7.80. The fraction of sp³-hybridized carbons (Fsp3) is 0.677. The molecule has 5 rings (SSSR count). The lowest BCUT2D eigenvalue weighted by Gasteiger charge is -2.49. The van der Waals surface area contributed by atoms with Crippen LogP contribution in [-0.2, 0) is 23.7 Å². The number of hydrogen-bond acceptors (Lipinski definition) is 8. The number of aliphatic hydroxyl groups excluding tert-OH is 1. The Morgan fingerprint density at radius 2 is 2.02 bits per heavy atom. The molecule has 9 nitrogen and oxygen atoms in total. The van der Waals surface area contributed by atoms with E-state index in [-0.39, 0.29) is 30.3 Å². The number of hydrogen-bond donors (Lipinski definition) is 3. The highest BCUT2D eigenvalue weighted by molar-refractivity contribution is 5.87. The number of H-pyrrole nitrogens is 1. The van der Waals surface area contributed by atoms with E-state index in [4.69, 9.17) is 18.9 Å². The topological polar surface area (TPSA) is 127 Å². The molecule has 9 heteroatoms. The SMILES string of the molecule is CC[C@H]1C(=O)O[C@H](C(C)(O)CC)[C@H](C)/C=C(\C)[C@]23O[C@@H]4[C@H](C=C[C@H]12)[C@H]3[C@H](O)[C@@H](COC)[C@H]4OC(=O)c1ccc[nH]1. The van der Waals surface area contributed by atoms with Gasteiger partial charge in [-0.25, -0.2) is 4.79 Å². The van der Waals surface area contributed by atoms with Crippen molar-refractivity contribution in [2.75, 3.05) is 13.7 Å². The maximum absolute atomic E-state index is 13.8. The summed E-state index contributed by atoms with van der Waals surface area (Å²) in [5.41, 5.74) is -1.05. The lowest BCUT2D eigenvalue weighted by Crippen LogP contribution is -2.59. The summed E-state index contributed by atoms with van der Waals surface area (Å²) >= 11 is 0. The van der Waals surface area contributed by atoms with Crippen LogP contribution in [0.5, 0.6) is 0 Å². The summed E-state index contributed by atoms with van der Waals surface area (Å²) in [7, 11) is 1.56. The average molecular weight is 558 g/mol. The molecular weight excluding hydrogens is 514 g/mol. The maximum atomic E-state index is 13.8. The molecule has 1 aromatic heterocycles. The summed E-state index contributed by atoms with van der Waals surface area (Å²) in [5, 5.41) is 23.2. The van der Waals surface area contributed by atoms with E-state index in [0.29, 0.717) is 18.5 Å². The Morgan fingerprint density at radius 1 is 1.27 bits per heavy atom. The highest BCUT2D eigenvalue weighted by Gasteiger charge is 2.70. The summed E-state index contributed by atoms with van der Waals surface area (Å²) in [6.07, 6.45) is 5.66. The summed E-state index contributed by atoms with van der Waals surface area (Å²) in [5.74, 6) is -3.35. The molecule has 1 spiro atoms. The Labute approximate surface area is 235 Å². The minimum absolute atomic E-state index is 0.178. The summed E-state index contributed by atoms with van der Waals surface area (Å²) in [6, 6.07) is 3.37. The number of aromatic nitrogens is 1. The number of methoxy groups -OCH3 is 1. The highest BCUT2D eigenvalue weighted by Crippen LogP contribution is 2.62. The van der Waals surface area contributed by atoms with Crippen LogP contribution in [0.15, 0.2) is 42.1 Å². The third-order valence-electron chi connectivity index (χ3n) is 9.98. The first-order valence-corrected chi connectivity index (χ1v) is 14.5. The molecule has 4 bridgehead atoms. The Balaban J connectivity index is 1.62. The van der Waals surface area contributed by atoms with E-state index >= 15 is 0 Å². The van der Waals surface area contributed by atoms with Crippen molar-refractivity contribution in [2.24, 2.45) is 35.5 Å². The molecule has 40 heavy (non-hydrogen) atoms. The summed E-state index contributed by atoms with van der Waals surface area (Å²) < 4.78 is 24.7. The van der Waals surface area contributed by atoms with E-state index in [1.165, 1.54) is 0 Å². The molecule has 0 amide bonds. The number of aromatic amines is 1. The van der Waals surface area contributed by atoms with Crippen molar-refractivity contribution in [3.8, 4) is 0 Å². The van der Waals surface area contributed by atoms with Gasteiger partial charge in [0.15, 0.2) is 0 Å². The van der Waals surface area contributed by atoms with Gasteiger partial charge in [0, 0.05) is 42.9 Å². The first kappa shape index (κ1) is 29.0. The van der Waals surface area contributed by atoms with E-state index in [0.717, 1.165) is 5.57 Å². The quantitative estimate of drug-likeness (QED) is 0.344. The largest absolute Gasteiger partial charge is 0.458 e. The number of ether oxygens (including phenoxy) is 4. The van der Waals surface area contributed by atoms with Gasteiger partial charge in [-0.1, -0.05) is 39.0 Å². The lowest BCUT2D eigenvalue weighted by atomic mass is 9.56. The van der Waals surface area contributed by atoms with Crippen LogP contribution in [0.2, 0.25) is 0 Å². The number of cyclic esters (lactones) is 1. The number of carbonyl (C=O) groups excluding carboxylic acids is 2. The number of nitrogens with one attached hydrogen (secondary N) is 1. The third kappa shape index (κ3) is 4.37. The second kappa shape index (κ2) is 10.7. The fourth-order valence-corrected chi connectivity index (χ4v) is 7.90. The van der Waals surface area contributed by atoms with Crippen molar-refractivity contribution < 1.29 is 38.7 Å². The number of rotatable bonds is 7. The first-order valence-electron chi connectivity index (χ1n) is 14.5. The van der Waals surface area contributed by atoms with Crippen molar-refractivity contribution >= 4 is 11.9 Å². The fourth-order valence-electron chi connectivity index (χ4n) is 7.90. The van der Waals surface area contributed by atoms with Crippen molar-refractivity contribution in [1.82, 2.24) is 4.98 Å². The Morgan fingerprint density at radius 3 is 2.65 bits per heavy atom. The van der Waals surface area contributed by atoms with Crippen LogP contribution in [0.4, 0.5) is 0 Å². The predicted molar refractivity (Wildman–Crippen MR) is 146 cm³/mol. The Hall–Kier alpha value is -2.46. The molecule has 3 heterocycles. The normalized spacial score (nSPS) is 43.3. The van der Waals surface area contributed by atoms with Gasteiger partial charge in [0.1, 0.15) is 29.6 Å². The molecule has 1 saturated heterocycles. The van der Waals surface area contributed by atoms with Gasteiger partial charge in [0.25, 0.3) is 0 Å². The van der Waals surface area contributed by atoms with Gasteiger partial charge in [0.2, 0.25) is 0 Å². The molecule has 0 aromatic carbocycles. The van der Waals surface area contributed by atoms with Gasteiger partial charge < -0.3 is 34.1 Å². The summed E-state index contributed by atoms with van der Waals surface area (Å²) in [6.45, 7) is 9.61. The van der Waals surface area contributed by atoms with Crippen molar-refractivity contribution in [3.63, 3.8) is 0 Å². The van der Waals surface area contributed by atoms with Crippen LogP contribution in [-0.4, -0.2) is 76.5 Å². The van der Waals surface area contributed by atoms with Gasteiger partial charge in [-0.2, -0.15) is 0 Å². The number of carbonyl (C=O) groups is 2. The molecule has 3 N–H and O–H groups in total. The number of aliphatic hydroxyl groups is 2. The molecule has 1 saturated carbocycles. The number of esters is 2. The first-order chi connectivity index (χ1) is 19.0. The van der Waals surface area contributed by atoms with Crippen LogP contribution in [0.1, 0.15) is 57.9 Å². The van der Waals surface area contributed by atoms with Gasteiger partial charge in [0.05, 0.1) is 24.2 Å². The highest BCUT2D eigenvalue weighted by atomic mass is 16.6. The molecule has 1 aromatic rings. The monoisotopic (exact) mass is 557 g/mol. The van der Waals surface area contributed by atoms with Crippen LogP contribution in [0.25, 0.3) is 0 Å². The predicted octanol–water partition coefficient (Wildman–Crippen LogP) is 3.43. The van der Waals surface area contributed by atoms with Crippen LogP contribution >= 0.6 is 0 Å². The molecule has 2 aliphatic heterocycles. The van der Waals surface area contributed by atoms with Crippen molar-refractivity contribution in [2.45, 2.75) is 83.1 Å². The standard InChI is InChI=1S/C31H43NO8/c1-7-18-21-12-11-19-23-24(33)20(15-37-6)25(38-29(35)22-10-9-13-32-22)26(19)40-31(21,23)17(4)14-16(3)27(39-28(18)34)30(5,36)8-2/h9-14,16,18-21,23-27,32-33,36H,7-8,15H2,1-6H3/b17-14+/t16-,18-,19-,20-,21-,23+,24-,25-,26-,27+,30?,31+/m1/s1. The van der Waals surface area contributed by atoms with Gasteiger partial charge in [-0.15, -0.1) is 0 Å². The molecule has 0 radical (unpaired) electrons. The van der Waals surface area contributed by atoms with Crippen molar-refractivity contribution in [3.05, 3.63) is 47.8 Å². The molecule has 1 unspecified atom stereocenters. The second-order valence-electron chi connectivity index (χ2n) is 12.2. The molecule has 2 aliphatic carbocycles. The zero-order chi connectivity index (χ0) is 29.0. The van der Waals surface area contributed by atoms with Gasteiger partial charge >= 0.3 is 11.9 Å². The van der Waals surface area contributed by atoms with E-state index < -0.39 is 59.3 Å². The minimum Gasteiger partial charge on any atom is -0.458 e. The minimum atomic E-state index is -1.22. The van der Waals surface area contributed by atoms with Crippen LogP contribution in [0.3, 0.4) is 0 Å². The average Bonchev–Trinajstić information content (AvgIpc) is 3.52. The van der Waals surface area contributed by atoms with E-state index in [9.17, 15) is 19.8 Å². The van der Waals surface area contributed by atoms with Crippen LogP contribution in [0, 0.1) is 35.5 Å². The maximum Gasteiger partial charge on any atom is 0.355 e. The Bertz CT molecular complexity index is 1160. The van der Waals surface area contributed by atoms with Crippen molar-refractivity contribution in [1.29, 1.82) is 0 Å². The summed E-state index contributed by atoms with van der Waals surface area (Å²) in [4.78, 5) is 29.8. The zero-order valence-corrected chi connectivity index (χ0v) is 24.2. The molecule has 12 atom stereocenters. The smallest absolute Gasteiger partial charge is 0.355 e. The molecule has 220 valence electrons. The van der Waals surface area contributed by atoms with E-state index in [1.54, 1.807) is 32.4 Å². The third-order valence-corrected chi connectivity index (χ3v) is 9.98. The van der Waals surface area contributed by atoms with Gasteiger partial charge in [-0.05, 0) is 44.4 Å². The zero-order valence-electron chi connectivity index (χ0n) is 24.2. The van der Waals surface area contributed by atoms with Gasteiger partial charge in [-0.3, -0.25) is 4.79 Å². The van der Waals surface area contributed by atoms with Crippen LogP contribution < -0.4 is 0 Å².